The van der Waals surface area contributed by atoms with Crippen molar-refractivity contribution in [2.24, 2.45) is 5.92 Å². The van der Waals surface area contributed by atoms with E-state index in [-0.39, 0.29) is 24.6 Å². The molecule has 182 valence electrons. The van der Waals surface area contributed by atoms with Crippen molar-refractivity contribution in [2.75, 3.05) is 7.11 Å². The molecule has 9 nitrogen and oxygen atoms in total. The zero-order valence-electron chi connectivity index (χ0n) is 20.0. The summed E-state index contributed by atoms with van der Waals surface area (Å²) in [4.78, 5) is 43.9. The number of nitrogens with zero attached hydrogens (tertiary/aromatic N) is 4. The van der Waals surface area contributed by atoms with Gasteiger partial charge in [-0.05, 0) is 17.5 Å². The third-order valence-corrected chi connectivity index (χ3v) is 5.60. The Bertz CT molecular complexity index is 1450. The van der Waals surface area contributed by atoms with Gasteiger partial charge in [0.25, 0.3) is 5.56 Å². The van der Waals surface area contributed by atoms with Crippen molar-refractivity contribution in [3.8, 4) is 5.75 Å². The second-order valence-electron chi connectivity index (χ2n) is 8.68. The van der Waals surface area contributed by atoms with Crippen molar-refractivity contribution >= 4 is 17.1 Å². The average Bonchev–Trinajstić information content (AvgIpc) is 3.26. The highest BCUT2D eigenvalue weighted by Crippen LogP contribution is 2.18. The minimum atomic E-state index is -0.698. The molecule has 2 aromatic heterocycles. The molecule has 0 aliphatic carbocycles. The lowest BCUT2D eigenvalue weighted by atomic mass is 10.2. The largest absolute Gasteiger partial charge is 0.496 e. The van der Waals surface area contributed by atoms with E-state index in [9.17, 15) is 14.4 Å². The fourth-order valence-electron chi connectivity index (χ4n) is 3.97. The van der Waals surface area contributed by atoms with E-state index < -0.39 is 23.8 Å². The minimum Gasteiger partial charge on any atom is -0.496 e. The Kier molecular flexibility index (Phi) is 7.14. The molecule has 4 aromatic rings. The molecule has 0 saturated carbocycles. The molecule has 2 heterocycles. The average molecular weight is 477 g/mol. The van der Waals surface area contributed by atoms with Crippen LogP contribution in [-0.2, 0) is 35.8 Å². The van der Waals surface area contributed by atoms with Crippen molar-refractivity contribution in [1.82, 2.24) is 18.7 Å². The number of imidazole rings is 1. The summed E-state index contributed by atoms with van der Waals surface area (Å²) in [6, 6.07) is 16.6. The quantitative estimate of drug-likeness (QED) is 0.345. The molecule has 0 atom stereocenters. The molecule has 0 amide bonds. The van der Waals surface area contributed by atoms with Gasteiger partial charge in [0.2, 0.25) is 0 Å². The Morgan fingerprint density at radius 2 is 1.71 bits per heavy atom. The number of aromatic nitrogens is 4. The smallest absolute Gasteiger partial charge is 0.333 e. The van der Waals surface area contributed by atoms with Crippen LogP contribution in [0.5, 0.6) is 5.75 Å². The molecule has 0 fully saturated rings. The summed E-state index contributed by atoms with van der Waals surface area (Å²) in [6.07, 6.45) is 1.57. The summed E-state index contributed by atoms with van der Waals surface area (Å²) in [6.45, 7) is 4.27. The number of fused-ring (bicyclic) bond motifs is 1. The molecule has 4 rings (SSSR count). The summed E-state index contributed by atoms with van der Waals surface area (Å²) in [7, 11) is 1.53. The number of benzene rings is 2. The number of hydrogen-bond acceptors (Lipinski definition) is 6. The van der Waals surface area contributed by atoms with Gasteiger partial charge in [0.05, 0.1) is 20.0 Å². The summed E-state index contributed by atoms with van der Waals surface area (Å²) in [5.74, 6) is 0.137. The maximum absolute atomic E-state index is 13.4. The second-order valence-corrected chi connectivity index (χ2v) is 8.68. The first-order valence-corrected chi connectivity index (χ1v) is 11.4. The number of para-hydroxylation sites is 1. The van der Waals surface area contributed by atoms with Crippen molar-refractivity contribution in [1.29, 1.82) is 0 Å². The van der Waals surface area contributed by atoms with Gasteiger partial charge in [-0.3, -0.25) is 14.2 Å². The Morgan fingerprint density at radius 1 is 1.00 bits per heavy atom. The zero-order valence-corrected chi connectivity index (χ0v) is 20.0. The van der Waals surface area contributed by atoms with E-state index in [2.05, 4.69) is 4.98 Å². The first-order valence-electron chi connectivity index (χ1n) is 11.4. The third-order valence-electron chi connectivity index (χ3n) is 5.60. The van der Waals surface area contributed by atoms with Gasteiger partial charge in [0, 0.05) is 12.1 Å². The van der Waals surface area contributed by atoms with E-state index in [0.717, 1.165) is 10.1 Å². The molecule has 0 saturated heterocycles. The van der Waals surface area contributed by atoms with Crippen LogP contribution in [0, 0.1) is 5.92 Å². The van der Waals surface area contributed by atoms with E-state index in [4.69, 9.17) is 9.47 Å². The standard InChI is InChI=1S/C26H28N4O5/c1-18(2)13-28-17-27-24-23(28)25(32)30(26(33)29(24)14-19-9-5-4-6-10-19)15-22(31)35-16-20-11-7-8-12-21(20)34-3/h4-12,17-18H,13-16H2,1-3H3. The molecule has 0 aliphatic heterocycles. The normalized spacial score (nSPS) is 11.2. The van der Waals surface area contributed by atoms with Crippen LogP contribution in [0.3, 0.4) is 0 Å². The fourth-order valence-corrected chi connectivity index (χ4v) is 3.97. The zero-order chi connectivity index (χ0) is 24.9. The topological polar surface area (TPSA) is 97.3 Å². The van der Waals surface area contributed by atoms with Crippen molar-refractivity contribution in [3.05, 3.63) is 92.9 Å². The van der Waals surface area contributed by atoms with Crippen molar-refractivity contribution in [3.63, 3.8) is 0 Å². The maximum Gasteiger partial charge on any atom is 0.333 e. The predicted molar refractivity (Wildman–Crippen MR) is 131 cm³/mol. The lowest BCUT2D eigenvalue weighted by Gasteiger charge is -2.14. The van der Waals surface area contributed by atoms with Crippen LogP contribution in [0.4, 0.5) is 0 Å². The van der Waals surface area contributed by atoms with Gasteiger partial charge in [0.15, 0.2) is 11.2 Å². The molecule has 0 spiro atoms. The molecule has 0 N–H and O–H groups in total. The Labute approximate surface area is 202 Å². The van der Waals surface area contributed by atoms with Crippen LogP contribution in [-0.4, -0.2) is 31.8 Å². The van der Waals surface area contributed by atoms with Crippen LogP contribution in [0.1, 0.15) is 25.0 Å². The van der Waals surface area contributed by atoms with Gasteiger partial charge in [-0.2, -0.15) is 0 Å². The van der Waals surface area contributed by atoms with Crippen molar-refractivity contribution in [2.45, 2.75) is 40.1 Å². The van der Waals surface area contributed by atoms with E-state index in [0.29, 0.717) is 23.5 Å². The molecule has 0 aliphatic rings. The monoisotopic (exact) mass is 476 g/mol. The number of ether oxygens (including phenoxy) is 2. The number of rotatable bonds is 9. The Morgan fingerprint density at radius 3 is 2.43 bits per heavy atom. The van der Waals surface area contributed by atoms with Gasteiger partial charge in [-0.15, -0.1) is 0 Å². The molecule has 0 radical (unpaired) electrons. The van der Waals surface area contributed by atoms with Gasteiger partial charge >= 0.3 is 11.7 Å². The number of carbonyl (C=O) groups is 1. The van der Waals surface area contributed by atoms with Gasteiger partial charge in [-0.25, -0.2) is 14.3 Å². The molecular formula is C26H28N4O5. The summed E-state index contributed by atoms with van der Waals surface area (Å²) < 4.78 is 14.8. The molecule has 2 aromatic carbocycles. The third kappa shape index (κ3) is 5.18. The van der Waals surface area contributed by atoms with Crippen LogP contribution in [0.2, 0.25) is 0 Å². The highest BCUT2D eigenvalue weighted by molar-refractivity contribution is 5.72. The Hall–Kier alpha value is -4.14. The number of carbonyl (C=O) groups excluding carboxylic acids is 1. The maximum atomic E-state index is 13.4. The van der Waals surface area contributed by atoms with Crippen LogP contribution < -0.4 is 16.0 Å². The van der Waals surface area contributed by atoms with E-state index in [1.165, 1.54) is 11.7 Å². The van der Waals surface area contributed by atoms with Crippen LogP contribution in [0.15, 0.2) is 70.5 Å². The number of esters is 1. The van der Waals surface area contributed by atoms with Gasteiger partial charge in [0.1, 0.15) is 18.9 Å². The number of methoxy groups -OCH3 is 1. The summed E-state index contributed by atoms with van der Waals surface area (Å²) in [5.41, 5.74) is 0.952. The van der Waals surface area contributed by atoms with Crippen LogP contribution in [0.25, 0.3) is 11.2 Å². The number of hydrogen-bond donors (Lipinski definition) is 0. The lowest BCUT2D eigenvalue weighted by Crippen LogP contribution is -2.42. The predicted octanol–water partition coefficient (Wildman–Crippen LogP) is 2.82. The molecular weight excluding hydrogens is 448 g/mol. The molecule has 0 unspecified atom stereocenters. The molecule has 35 heavy (non-hydrogen) atoms. The summed E-state index contributed by atoms with van der Waals surface area (Å²) >= 11 is 0. The lowest BCUT2D eigenvalue weighted by molar-refractivity contribution is -0.145. The highest BCUT2D eigenvalue weighted by Gasteiger charge is 2.21. The summed E-state index contributed by atoms with van der Waals surface area (Å²) in [5, 5.41) is 0. The van der Waals surface area contributed by atoms with Gasteiger partial charge < -0.3 is 14.0 Å². The highest BCUT2D eigenvalue weighted by atomic mass is 16.5. The SMILES string of the molecule is COc1ccccc1COC(=O)Cn1c(=O)c2c(ncn2CC(C)C)n(Cc2ccccc2)c1=O. The molecule has 9 heteroatoms. The van der Waals surface area contributed by atoms with E-state index >= 15 is 0 Å². The van der Waals surface area contributed by atoms with Gasteiger partial charge in [-0.1, -0.05) is 62.4 Å². The van der Waals surface area contributed by atoms with Crippen LogP contribution >= 0.6 is 0 Å². The van der Waals surface area contributed by atoms with E-state index in [1.807, 2.05) is 56.3 Å². The Balaban J connectivity index is 1.71. The fraction of sp³-hybridized carbons (Fsp3) is 0.308. The van der Waals surface area contributed by atoms with E-state index in [1.54, 1.807) is 23.0 Å². The first kappa shape index (κ1) is 24.0. The second kappa shape index (κ2) is 10.4. The first-order chi connectivity index (χ1) is 16.9. The molecule has 0 bridgehead atoms. The minimum absolute atomic E-state index is 0.0384. The van der Waals surface area contributed by atoms with Crippen molar-refractivity contribution < 1.29 is 14.3 Å².